The normalized spacial score (nSPS) is 5.65. The first-order valence-corrected chi connectivity index (χ1v) is 4.25. The molecule has 1 aromatic carbocycles. The molecule has 0 aliphatic carbocycles. The van der Waals surface area contributed by atoms with Gasteiger partial charge in [0.25, 0.3) is 10.3 Å². The summed E-state index contributed by atoms with van der Waals surface area (Å²) in [5, 5.41) is 14.1. The number of benzene rings is 1. The maximum absolute atomic E-state index is 7.56. The van der Waals surface area contributed by atoms with E-state index in [9.17, 15) is 0 Å². The van der Waals surface area contributed by atoms with Crippen LogP contribution in [0.1, 0.15) is 7.43 Å². The van der Waals surface area contributed by atoms with E-state index < -0.39 is 10.3 Å². The summed E-state index contributed by atoms with van der Waals surface area (Å²) >= 11 is 7.74. The summed E-state index contributed by atoms with van der Waals surface area (Å²) in [5.41, 5.74) is 8.80. The summed E-state index contributed by atoms with van der Waals surface area (Å²) in [6.07, 6.45) is 0. The van der Waals surface area contributed by atoms with E-state index >= 15 is 0 Å². The molecular formula is C9H20N3NaO2S2. The van der Waals surface area contributed by atoms with Crippen LogP contribution in [-0.4, -0.2) is 50.1 Å². The third kappa shape index (κ3) is 92.6. The van der Waals surface area contributed by atoms with Gasteiger partial charge < -0.3 is 27.8 Å². The molecule has 0 aliphatic heterocycles. The fourth-order valence-electron chi connectivity index (χ4n) is 0.385. The molecule has 0 unspecified atom stereocenters. The standard InChI is InChI=1S/C6H6.2CH3NOS.CH4.H3N.Na.H/c1-2-4-6-5-3-1;2*2-1(3)4;;;;/h1-6H;2*(H3,2,3,4);1H4;1H3;;. The number of hydrogen-bond donors (Lipinski definition) is 5. The van der Waals surface area contributed by atoms with E-state index in [1.807, 2.05) is 36.4 Å². The third-order valence-electron chi connectivity index (χ3n) is 0.667. The van der Waals surface area contributed by atoms with Gasteiger partial charge in [-0.15, -0.1) is 0 Å². The summed E-state index contributed by atoms with van der Waals surface area (Å²) in [5.74, 6) is 0. The Bertz CT molecular complexity index is 217. The first-order chi connectivity index (χ1) is 6.46. The molecule has 17 heavy (non-hydrogen) atoms. The summed E-state index contributed by atoms with van der Waals surface area (Å²) in [6.45, 7) is 0. The van der Waals surface area contributed by atoms with Crippen molar-refractivity contribution in [3.8, 4) is 0 Å². The Kier molecular flexibility index (Phi) is 43.6. The molecular weight excluding hydrogens is 269 g/mol. The van der Waals surface area contributed by atoms with E-state index in [0.717, 1.165) is 0 Å². The van der Waals surface area contributed by atoms with Crippen LogP contribution in [0.15, 0.2) is 36.4 Å². The summed E-state index contributed by atoms with van der Waals surface area (Å²) in [6, 6.07) is 12.0. The first-order valence-electron chi connectivity index (χ1n) is 3.43. The number of nitrogens with two attached hydrogens (primary N) is 2. The molecule has 1 aromatic rings. The van der Waals surface area contributed by atoms with Gasteiger partial charge in [-0.25, -0.2) is 0 Å². The van der Waals surface area contributed by atoms with Crippen molar-refractivity contribution in [2.24, 2.45) is 11.5 Å². The molecule has 96 valence electrons. The second-order valence-electron chi connectivity index (χ2n) is 1.83. The van der Waals surface area contributed by atoms with Gasteiger partial charge in [-0.05, 0) is 24.4 Å². The minimum atomic E-state index is -0.500. The largest absolute Gasteiger partial charge is 0.0623 e. The van der Waals surface area contributed by atoms with Gasteiger partial charge in [-0.2, -0.15) is 0 Å². The van der Waals surface area contributed by atoms with Gasteiger partial charge in [0.15, 0.2) is 0 Å². The zero-order chi connectivity index (χ0) is 11.4. The quantitative estimate of drug-likeness (QED) is 0.361. The van der Waals surface area contributed by atoms with Crippen molar-refractivity contribution >= 4 is 64.3 Å². The van der Waals surface area contributed by atoms with Crippen LogP contribution in [0.3, 0.4) is 0 Å². The smallest absolute Gasteiger partial charge is 0.0623 e. The van der Waals surface area contributed by atoms with E-state index in [1.54, 1.807) is 0 Å². The Labute approximate surface area is 135 Å². The van der Waals surface area contributed by atoms with Crippen molar-refractivity contribution in [1.82, 2.24) is 6.15 Å². The molecule has 5 nitrogen and oxygen atoms in total. The topological polar surface area (TPSA) is 128 Å². The van der Waals surface area contributed by atoms with Gasteiger partial charge >= 0.3 is 29.6 Å². The van der Waals surface area contributed by atoms with Gasteiger partial charge in [0.2, 0.25) is 0 Å². The molecule has 0 atom stereocenters. The van der Waals surface area contributed by atoms with E-state index in [2.05, 4.69) is 35.9 Å². The van der Waals surface area contributed by atoms with Crippen LogP contribution < -0.4 is 17.6 Å². The van der Waals surface area contributed by atoms with Crippen molar-refractivity contribution in [2.75, 3.05) is 0 Å². The SMILES string of the molecule is C.N.NC(O)=S.NC(O)=S.[NaH].c1ccccc1. The molecule has 8 heteroatoms. The Hall–Kier alpha value is -0.440. The Morgan fingerprint density at radius 2 is 0.824 bits per heavy atom. The third-order valence-corrected chi connectivity index (χ3v) is 0.667. The molecule has 0 aliphatic rings. The number of thiocarbonyl (C=S) groups is 2. The van der Waals surface area contributed by atoms with Crippen molar-refractivity contribution in [1.29, 1.82) is 0 Å². The van der Waals surface area contributed by atoms with Crippen LogP contribution in [0.25, 0.3) is 0 Å². The Morgan fingerprint density at radius 1 is 0.765 bits per heavy atom. The van der Waals surface area contributed by atoms with E-state index in [1.165, 1.54) is 0 Å². The summed E-state index contributed by atoms with van der Waals surface area (Å²) < 4.78 is 0. The second kappa shape index (κ2) is 24.7. The number of aliphatic hydroxyl groups excluding tert-OH is 2. The minimum absolute atomic E-state index is 0. The van der Waals surface area contributed by atoms with Crippen molar-refractivity contribution in [3.63, 3.8) is 0 Å². The number of aliphatic hydroxyl groups is 2. The molecule has 0 radical (unpaired) electrons. The zero-order valence-corrected chi connectivity index (χ0v) is 9.67. The van der Waals surface area contributed by atoms with E-state index in [4.69, 9.17) is 10.2 Å². The zero-order valence-electron chi connectivity index (χ0n) is 8.04. The summed E-state index contributed by atoms with van der Waals surface area (Å²) in [7, 11) is 0. The van der Waals surface area contributed by atoms with Crippen LogP contribution in [0.4, 0.5) is 0 Å². The molecule has 0 amide bonds. The van der Waals surface area contributed by atoms with Gasteiger partial charge in [0.05, 0.1) is 0 Å². The monoisotopic (exact) mass is 289 g/mol. The second-order valence-corrected chi connectivity index (χ2v) is 2.67. The number of hydrogen-bond acceptors (Lipinski definition) is 3. The molecule has 0 bridgehead atoms. The average molecular weight is 289 g/mol. The predicted octanol–water partition coefficient (Wildman–Crippen LogP) is 1.41. The minimum Gasteiger partial charge on any atom is -0.0623 e. The fraction of sp³-hybridized carbons (Fsp3) is 0.111. The van der Waals surface area contributed by atoms with Crippen molar-refractivity contribution in [3.05, 3.63) is 36.4 Å². The van der Waals surface area contributed by atoms with Crippen LogP contribution in [0.5, 0.6) is 0 Å². The fourth-order valence-corrected chi connectivity index (χ4v) is 0.385. The molecule has 0 fully saturated rings. The van der Waals surface area contributed by atoms with E-state index in [0.29, 0.717) is 0 Å². The van der Waals surface area contributed by atoms with E-state index in [-0.39, 0.29) is 43.1 Å². The molecule has 0 saturated heterocycles. The van der Waals surface area contributed by atoms with Crippen LogP contribution >= 0.6 is 24.4 Å². The van der Waals surface area contributed by atoms with Gasteiger partial charge in [0, 0.05) is 0 Å². The predicted molar refractivity (Wildman–Crippen MR) is 84.2 cm³/mol. The molecule has 0 saturated carbocycles. The van der Waals surface area contributed by atoms with Gasteiger partial charge in [-0.1, -0.05) is 43.8 Å². The van der Waals surface area contributed by atoms with Crippen LogP contribution in [0.2, 0.25) is 0 Å². The van der Waals surface area contributed by atoms with Crippen LogP contribution in [0, 0.1) is 0 Å². The van der Waals surface area contributed by atoms with Gasteiger partial charge in [0.1, 0.15) is 0 Å². The first kappa shape index (κ1) is 30.0. The molecule has 1 rings (SSSR count). The molecule has 9 N–H and O–H groups in total. The van der Waals surface area contributed by atoms with Crippen LogP contribution in [-0.2, 0) is 0 Å². The van der Waals surface area contributed by atoms with Gasteiger partial charge in [-0.3, -0.25) is 0 Å². The summed E-state index contributed by atoms with van der Waals surface area (Å²) in [4.78, 5) is 0. The Balaban J connectivity index is -0.0000000403. The maximum Gasteiger partial charge on any atom is -0.0623 e. The molecule has 0 aromatic heterocycles. The maximum atomic E-state index is 7.56. The number of rotatable bonds is 0. The average Bonchev–Trinajstić information content (AvgIpc) is 2.05. The molecule has 0 spiro atoms. The van der Waals surface area contributed by atoms with Crippen molar-refractivity contribution in [2.45, 2.75) is 7.43 Å². The molecule has 0 heterocycles. The Morgan fingerprint density at radius 3 is 0.882 bits per heavy atom. The van der Waals surface area contributed by atoms with Crippen molar-refractivity contribution < 1.29 is 10.2 Å².